The lowest BCUT2D eigenvalue weighted by Crippen LogP contribution is -2.35. The predicted octanol–water partition coefficient (Wildman–Crippen LogP) is 0.606. The van der Waals surface area contributed by atoms with Gasteiger partial charge in [-0.2, -0.15) is 0 Å². The van der Waals surface area contributed by atoms with E-state index in [9.17, 15) is 5.11 Å². The molecule has 4 nitrogen and oxygen atoms in total. The van der Waals surface area contributed by atoms with Crippen LogP contribution in [0.15, 0.2) is 5.38 Å². The lowest BCUT2D eigenvalue weighted by atomic mass is 10.2. The summed E-state index contributed by atoms with van der Waals surface area (Å²) in [6.07, 6.45) is 0.695. The average Bonchev–Trinajstić information content (AvgIpc) is 2.76. The van der Waals surface area contributed by atoms with Gasteiger partial charge in [-0.3, -0.25) is 4.90 Å². The van der Waals surface area contributed by atoms with Crippen molar-refractivity contribution in [3.8, 4) is 0 Å². The lowest BCUT2D eigenvalue weighted by molar-refractivity contribution is 0.189. The highest BCUT2D eigenvalue weighted by atomic mass is 32.1. The van der Waals surface area contributed by atoms with E-state index in [-0.39, 0.29) is 6.10 Å². The van der Waals surface area contributed by atoms with Crippen molar-refractivity contribution in [3.63, 3.8) is 0 Å². The van der Waals surface area contributed by atoms with Gasteiger partial charge < -0.3 is 10.4 Å². The molecule has 5 heteroatoms. The molecule has 1 saturated heterocycles. The molecule has 16 heavy (non-hydrogen) atoms. The molecule has 0 bridgehead atoms. The molecule has 1 aromatic heterocycles. The molecule has 2 rings (SSSR count). The van der Waals surface area contributed by atoms with Gasteiger partial charge in [0, 0.05) is 31.1 Å². The van der Waals surface area contributed by atoms with E-state index in [1.165, 1.54) is 0 Å². The van der Waals surface area contributed by atoms with E-state index in [0.29, 0.717) is 6.04 Å². The number of rotatable bonds is 4. The molecule has 2 unspecified atom stereocenters. The van der Waals surface area contributed by atoms with Gasteiger partial charge in [-0.1, -0.05) is 0 Å². The summed E-state index contributed by atoms with van der Waals surface area (Å²) in [5.41, 5.74) is 1.14. The van der Waals surface area contributed by atoms with E-state index < -0.39 is 0 Å². The molecule has 0 spiro atoms. The fraction of sp³-hybridized carbons (Fsp3) is 0.727. The summed E-state index contributed by atoms with van der Waals surface area (Å²) in [6.45, 7) is 4.61. The smallest absolute Gasteiger partial charge is 0.0897 e. The minimum Gasteiger partial charge on any atom is -0.392 e. The van der Waals surface area contributed by atoms with Gasteiger partial charge in [-0.25, -0.2) is 4.98 Å². The Labute approximate surface area is 100 Å². The van der Waals surface area contributed by atoms with Gasteiger partial charge in [0.15, 0.2) is 0 Å². The van der Waals surface area contributed by atoms with Crippen LogP contribution in [0.3, 0.4) is 0 Å². The number of thiazole rings is 1. The van der Waals surface area contributed by atoms with E-state index in [2.05, 4.69) is 27.6 Å². The van der Waals surface area contributed by atoms with Crippen molar-refractivity contribution in [3.05, 3.63) is 16.1 Å². The van der Waals surface area contributed by atoms with Gasteiger partial charge in [0.1, 0.15) is 0 Å². The van der Waals surface area contributed by atoms with Crippen molar-refractivity contribution >= 4 is 11.3 Å². The van der Waals surface area contributed by atoms with E-state index in [0.717, 1.165) is 36.8 Å². The van der Waals surface area contributed by atoms with E-state index in [1.54, 1.807) is 11.3 Å². The lowest BCUT2D eigenvalue weighted by Gasteiger charge is -2.19. The fourth-order valence-corrected chi connectivity index (χ4v) is 2.74. The number of hydrogen-bond donors (Lipinski definition) is 2. The predicted molar refractivity (Wildman–Crippen MR) is 65.6 cm³/mol. The van der Waals surface area contributed by atoms with Crippen LogP contribution in [0, 0.1) is 6.92 Å². The molecule has 0 saturated carbocycles. The Morgan fingerprint density at radius 2 is 2.50 bits per heavy atom. The number of aliphatic hydroxyl groups is 1. The van der Waals surface area contributed by atoms with Gasteiger partial charge in [-0.15, -0.1) is 11.3 Å². The van der Waals surface area contributed by atoms with Gasteiger partial charge in [0.05, 0.1) is 16.8 Å². The first-order chi connectivity index (χ1) is 7.63. The SMILES string of the molecule is Cc1nc(CN(C)CC2CC(O)CN2)cs1. The summed E-state index contributed by atoms with van der Waals surface area (Å²) < 4.78 is 0. The molecule has 0 aromatic carbocycles. The summed E-state index contributed by atoms with van der Waals surface area (Å²) in [6, 6.07) is 0.416. The number of β-amino-alcohol motifs (C(OH)–C–C–N with tert-alkyl or cyclic N) is 1. The number of hydrogen-bond acceptors (Lipinski definition) is 5. The van der Waals surface area contributed by atoms with Gasteiger partial charge in [0.2, 0.25) is 0 Å². The first-order valence-corrected chi connectivity index (χ1v) is 6.52. The highest BCUT2D eigenvalue weighted by molar-refractivity contribution is 7.09. The fourth-order valence-electron chi connectivity index (χ4n) is 2.14. The third-order valence-electron chi connectivity index (χ3n) is 2.83. The van der Waals surface area contributed by atoms with Crippen molar-refractivity contribution < 1.29 is 5.11 Å². The summed E-state index contributed by atoms with van der Waals surface area (Å²) in [5, 5.41) is 16.0. The van der Waals surface area contributed by atoms with Gasteiger partial charge in [-0.05, 0) is 20.4 Å². The monoisotopic (exact) mass is 241 g/mol. The van der Waals surface area contributed by atoms with Crippen LogP contribution in [0.4, 0.5) is 0 Å². The van der Waals surface area contributed by atoms with Crippen molar-refractivity contribution in [2.75, 3.05) is 20.1 Å². The molecule has 90 valence electrons. The second-order valence-corrected chi connectivity index (χ2v) is 5.61. The molecule has 0 amide bonds. The topological polar surface area (TPSA) is 48.4 Å². The highest BCUT2D eigenvalue weighted by Crippen LogP contribution is 2.12. The van der Waals surface area contributed by atoms with Crippen LogP contribution >= 0.6 is 11.3 Å². The van der Waals surface area contributed by atoms with Crippen molar-refractivity contribution in [1.82, 2.24) is 15.2 Å². The number of aliphatic hydroxyl groups excluding tert-OH is 1. The van der Waals surface area contributed by atoms with E-state index in [4.69, 9.17) is 0 Å². The standard InChI is InChI=1S/C11H19N3OS/c1-8-13-10(7-16-8)6-14(2)5-9-3-11(15)4-12-9/h7,9,11-12,15H,3-6H2,1-2H3. The Balaban J connectivity index is 1.78. The summed E-state index contributed by atoms with van der Waals surface area (Å²) in [5.74, 6) is 0. The first-order valence-electron chi connectivity index (χ1n) is 5.64. The minimum atomic E-state index is -0.167. The number of aromatic nitrogens is 1. The molecule has 1 aliphatic rings. The van der Waals surface area contributed by atoms with Crippen LogP contribution < -0.4 is 5.32 Å². The zero-order valence-corrected chi connectivity index (χ0v) is 10.6. The van der Waals surface area contributed by atoms with E-state index in [1.807, 2.05) is 6.92 Å². The van der Waals surface area contributed by atoms with Crippen LogP contribution in [0.2, 0.25) is 0 Å². The molecule has 1 aliphatic heterocycles. The quantitative estimate of drug-likeness (QED) is 0.811. The van der Waals surface area contributed by atoms with Crippen LogP contribution in [0.5, 0.6) is 0 Å². The van der Waals surface area contributed by atoms with Crippen molar-refractivity contribution in [1.29, 1.82) is 0 Å². The third kappa shape index (κ3) is 3.25. The maximum Gasteiger partial charge on any atom is 0.0897 e. The number of nitrogens with zero attached hydrogens (tertiary/aromatic N) is 2. The summed E-state index contributed by atoms with van der Waals surface area (Å²) in [7, 11) is 2.10. The molecule has 2 N–H and O–H groups in total. The Morgan fingerprint density at radius 1 is 1.69 bits per heavy atom. The largest absolute Gasteiger partial charge is 0.392 e. The Bertz CT molecular complexity index is 342. The highest BCUT2D eigenvalue weighted by Gasteiger charge is 2.22. The summed E-state index contributed by atoms with van der Waals surface area (Å²) >= 11 is 1.70. The van der Waals surface area contributed by atoms with Crippen molar-refractivity contribution in [2.24, 2.45) is 0 Å². The van der Waals surface area contributed by atoms with Crippen molar-refractivity contribution in [2.45, 2.75) is 32.0 Å². The Hall–Kier alpha value is -0.490. The first kappa shape index (κ1) is 12.0. The maximum atomic E-state index is 9.41. The zero-order chi connectivity index (χ0) is 11.5. The molecular weight excluding hydrogens is 222 g/mol. The number of likely N-dealkylation sites (N-methyl/N-ethyl adjacent to an activating group) is 1. The molecule has 0 radical (unpaired) electrons. The molecule has 2 atom stereocenters. The third-order valence-corrected chi connectivity index (χ3v) is 3.65. The van der Waals surface area contributed by atoms with Crippen LogP contribution in [0.1, 0.15) is 17.1 Å². The second-order valence-electron chi connectivity index (χ2n) is 4.55. The average molecular weight is 241 g/mol. The second kappa shape index (κ2) is 5.23. The van der Waals surface area contributed by atoms with Crippen LogP contribution in [-0.2, 0) is 6.54 Å². The molecule has 1 fully saturated rings. The maximum absolute atomic E-state index is 9.41. The number of nitrogens with one attached hydrogen (secondary N) is 1. The van der Waals surface area contributed by atoms with Crippen LogP contribution in [-0.4, -0.2) is 47.3 Å². The Morgan fingerprint density at radius 3 is 3.06 bits per heavy atom. The Kier molecular flexibility index (Phi) is 3.91. The normalized spacial score (nSPS) is 25.5. The molecular formula is C11H19N3OS. The summed E-state index contributed by atoms with van der Waals surface area (Å²) in [4.78, 5) is 6.70. The number of aryl methyl sites for hydroxylation is 1. The van der Waals surface area contributed by atoms with Gasteiger partial charge in [0.25, 0.3) is 0 Å². The van der Waals surface area contributed by atoms with Gasteiger partial charge >= 0.3 is 0 Å². The van der Waals surface area contributed by atoms with Crippen LogP contribution in [0.25, 0.3) is 0 Å². The molecule has 1 aromatic rings. The molecule has 0 aliphatic carbocycles. The zero-order valence-electron chi connectivity index (χ0n) is 9.81. The minimum absolute atomic E-state index is 0.167. The molecule has 2 heterocycles. The van der Waals surface area contributed by atoms with E-state index >= 15 is 0 Å².